The molecule has 0 saturated carbocycles. The normalized spacial score (nSPS) is 8.64. The van der Waals surface area contributed by atoms with Gasteiger partial charge in [0.05, 0.1) is 0 Å². The van der Waals surface area contributed by atoms with Crippen molar-refractivity contribution >= 4 is 0 Å². The summed E-state index contributed by atoms with van der Waals surface area (Å²) in [6, 6.07) is 0. The molecule has 0 aromatic carbocycles. The summed E-state index contributed by atoms with van der Waals surface area (Å²) in [4.78, 5) is 0. The smallest absolute Gasteiger partial charge is 0.0166 e. The van der Waals surface area contributed by atoms with Gasteiger partial charge in [-0.25, -0.2) is 0 Å². The van der Waals surface area contributed by atoms with Crippen LogP contribution in [0, 0.1) is 0 Å². The molecule has 0 N–H and O–H groups in total. The minimum absolute atomic E-state index is 0. The first-order valence-corrected chi connectivity index (χ1v) is 3.80. The van der Waals surface area contributed by atoms with E-state index >= 15 is 0 Å². The Hall–Kier alpha value is -0.780. The van der Waals surface area contributed by atoms with Crippen LogP contribution in [-0.2, 0) is 0 Å². The van der Waals surface area contributed by atoms with Crippen LogP contribution in [0.2, 0.25) is 0 Å². The number of hydrogen-bond acceptors (Lipinski definition) is 0. The average molecular weight is 154 g/mol. The molecule has 0 unspecified atom stereocenters. The Morgan fingerprint density at radius 2 is 1.73 bits per heavy atom. The molecule has 0 nitrogen and oxygen atoms in total. The van der Waals surface area contributed by atoms with Crippen LogP contribution in [0.4, 0.5) is 0 Å². The molecule has 0 aliphatic rings. The van der Waals surface area contributed by atoms with Crippen LogP contribution in [0.3, 0.4) is 0 Å². The number of rotatable bonds is 3. The first kappa shape index (κ1) is 16.7. The monoisotopic (exact) mass is 154 g/mol. The summed E-state index contributed by atoms with van der Waals surface area (Å²) in [5.74, 6) is 0. The summed E-state index contributed by atoms with van der Waals surface area (Å²) in [7, 11) is 0. The highest BCUT2D eigenvalue weighted by Gasteiger charge is 1.62. The lowest BCUT2D eigenvalue weighted by Crippen LogP contribution is -1.53. The molecule has 0 aromatic heterocycles. The van der Waals surface area contributed by atoms with E-state index in [4.69, 9.17) is 0 Å². The van der Waals surface area contributed by atoms with Gasteiger partial charge >= 0.3 is 0 Å². The van der Waals surface area contributed by atoms with Gasteiger partial charge in [0.2, 0.25) is 0 Å². The lowest BCUT2D eigenvalue weighted by atomic mass is 10.3. The summed E-state index contributed by atoms with van der Waals surface area (Å²) in [5, 5.41) is 0. The topological polar surface area (TPSA) is 0 Å². The number of allylic oxidation sites excluding steroid dienone is 5. The Balaban J connectivity index is -0.000000196. The summed E-state index contributed by atoms with van der Waals surface area (Å²) < 4.78 is 0. The molecule has 0 bridgehead atoms. The van der Waals surface area contributed by atoms with Crippen LogP contribution in [0.25, 0.3) is 0 Å². The van der Waals surface area contributed by atoms with Crippen molar-refractivity contribution in [2.45, 2.75) is 34.6 Å². The third-order valence-electron chi connectivity index (χ3n) is 0.780. The Morgan fingerprint density at radius 1 is 1.18 bits per heavy atom. The molecule has 0 amide bonds. The van der Waals surface area contributed by atoms with Crippen LogP contribution >= 0.6 is 0 Å². The largest absolute Gasteiger partial charge is 0.0991 e. The second-order valence-electron chi connectivity index (χ2n) is 1.47. The molecule has 0 aliphatic heterocycles. The third-order valence-corrected chi connectivity index (χ3v) is 0.780. The van der Waals surface area contributed by atoms with Crippen molar-refractivity contribution in [1.82, 2.24) is 0 Å². The second-order valence-corrected chi connectivity index (χ2v) is 1.47. The van der Waals surface area contributed by atoms with Crippen molar-refractivity contribution in [3.63, 3.8) is 0 Å². The van der Waals surface area contributed by atoms with Gasteiger partial charge in [-0.2, -0.15) is 0 Å². The average Bonchev–Trinajstić information content (AvgIpc) is 2.02. The van der Waals surface area contributed by atoms with Gasteiger partial charge in [-0.1, -0.05) is 58.2 Å². The first-order valence-electron chi connectivity index (χ1n) is 3.80. The van der Waals surface area contributed by atoms with Crippen molar-refractivity contribution in [3.05, 3.63) is 37.0 Å². The quantitative estimate of drug-likeness (QED) is 0.418. The Bertz CT molecular complexity index is 96.6. The minimum Gasteiger partial charge on any atom is -0.0991 e. The molecule has 0 heteroatoms. The zero-order valence-corrected chi connectivity index (χ0v) is 7.30. The maximum Gasteiger partial charge on any atom is -0.0166 e. The van der Waals surface area contributed by atoms with E-state index in [1.807, 2.05) is 32.9 Å². The van der Waals surface area contributed by atoms with Crippen molar-refractivity contribution in [1.29, 1.82) is 0 Å². The SMILES string of the molecule is C.C=C/C=C\C/C=C\C.CC. The van der Waals surface area contributed by atoms with E-state index in [0.717, 1.165) is 6.42 Å². The predicted octanol–water partition coefficient (Wildman–Crippen LogP) is 4.36. The fourth-order valence-electron chi connectivity index (χ4n) is 0.389. The highest BCUT2D eigenvalue weighted by molar-refractivity contribution is 5.00. The van der Waals surface area contributed by atoms with Crippen LogP contribution in [0.5, 0.6) is 0 Å². The molecule has 0 saturated heterocycles. The summed E-state index contributed by atoms with van der Waals surface area (Å²) >= 11 is 0. The van der Waals surface area contributed by atoms with Crippen LogP contribution in [-0.4, -0.2) is 0 Å². The van der Waals surface area contributed by atoms with Crippen molar-refractivity contribution in [2.24, 2.45) is 0 Å². The summed E-state index contributed by atoms with van der Waals surface area (Å²) in [6.45, 7) is 9.56. The lowest BCUT2D eigenvalue weighted by molar-refractivity contribution is 1.38. The summed E-state index contributed by atoms with van der Waals surface area (Å²) in [5.41, 5.74) is 0. The molecular formula is C11H22. The van der Waals surface area contributed by atoms with E-state index in [0.29, 0.717) is 0 Å². The van der Waals surface area contributed by atoms with Crippen LogP contribution in [0.1, 0.15) is 34.6 Å². The highest BCUT2D eigenvalue weighted by Crippen LogP contribution is 1.84. The van der Waals surface area contributed by atoms with Gasteiger partial charge in [0.1, 0.15) is 0 Å². The van der Waals surface area contributed by atoms with Gasteiger partial charge in [-0.05, 0) is 13.3 Å². The van der Waals surface area contributed by atoms with Gasteiger partial charge in [0.15, 0.2) is 0 Å². The van der Waals surface area contributed by atoms with Gasteiger partial charge in [0.25, 0.3) is 0 Å². The molecule has 0 aliphatic carbocycles. The van der Waals surface area contributed by atoms with E-state index in [9.17, 15) is 0 Å². The van der Waals surface area contributed by atoms with E-state index in [2.05, 4.69) is 18.7 Å². The maximum atomic E-state index is 3.55. The predicted molar refractivity (Wildman–Crippen MR) is 56.8 cm³/mol. The molecule has 66 valence electrons. The molecule has 0 aromatic rings. The highest BCUT2D eigenvalue weighted by atomic mass is 13.7. The van der Waals surface area contributed by atoms with Crippen molar-refractivity contribution in [2.75, 3.05) is 0 Å². The van der Waals surface area contributed by atoms with E-state index in [1.54, 1.807) is 6.08 Å². The maximum absolute atomic E-state index is 3.55. The second kappa shape index (κ2) is 22.9. The molecule has 0 heterocycles. The first-order chi connectivity index (χ1) is 4.91. The molecule has 11 heavy (non-hydrogen) atoms. The van der Waals surface area contributed by atoms with Crippen molar-refractivity contribution < 1.29 is 0 Å². The molecule has 0 fully saturated rings. The minimum atomic E-state index is 0. The fourth-order valence-corrected chi connectivity index (χ4v) is 0.389. The van der Waals surface area contributed by atoms with E-state index in [1.165, 1.54) is 0 Å². The standard InChI is InChI=1S/C8H12.C2H6.CH4/c1-3-5-7-8-6-4-2;1-2;/h3-7H,1,8H2,2H3;1-2H3;1H4/b6-4-,7-5-;;. The van der Waals surface area contributed by atoms with Gasteiger partial charge in [0, 0.05) is 0 Å². The summed E-state index contributed by atoms with van der Waals surface area (Å²) in [6.07, 6.45) is 10.9. The van der Waals surface area contributed by atoms with Gasteiger partial charge in [-0.15, -0.1) is 0 Å². The lowest BCUT2D eigenvalue weighted by Gasteiger charge is -1.74. The Morgan fingerprint density at radius 3 is 2.09 bits per heavy atom. The molecule has 0 spiro atoms. The molecule has 0 radical (unpaired) electrons. The zero-order chi connectivity index (χ0) is 8.24. The van der Waals surface area contributed by atoms with Crippen LogP contribution < -0.4 is 0 Å². The Kier molecular flexibility index (Phi) is 34.6. The van der Waals surface area contributed by atoms with E-state index < -0.39 is 0 Å². The van der Waals surface area contributed by atoms with Gasteiger partial charge < -0.3 is 0 Å². The number of hydrogen-bond donors (Lipinski definition) is 0. The zero-order valence-electron chi connectivity index (χ0n) is 7.30. The Labute approximate surface area is 72.3 Å². The molecular weight excluding hydrogens is 132 g/mol. The van der Waals surface area contributed by atoms with Gasteiger partial charge in [-0.3, -0.25) is 0 Å². The van der Waals surface area contributed by atoms with Crippen LogP contribution in [0.15, 0.2) is 37.0 Å². The third kappa shape index (κ3) is 27.0. The van der Waals surface area contributed by atoms with Crippen molar-refractivity contribution in [3.8, 4) is 0 Å². The molecule has 0 rings (SSSR count). The van der Waals surface area contributed by atoms with E-state index in [-0.39, 0.29) is 7.43 Å². The fraction of sp³-hybridized carbons (Fsp3) is 0.455. The molecule has 0 atom stereocenters.